The lowest BCUT2D eigenvalue weighted by Gasteiger charge is -2.34. The third-order valence-corrected chi connectivity index (χ3v) is 6.18. The monoisotopic (exact) mass is 501 g/mol. The minimum Gasteiger partial charge on any atom is -0.497 e. The molecule has 3 heterocycles. The molecule has 0 N–H and O–H groups in total. The van der Waals surface area contributed by atoms with Crippen molar-refractivity contribution in [3.05, 3.63) is 60.9 Å². The summed E-state index contributed by atoms with van der Waals surface area (Å²) in [6.07, 6.45) is 2.48. The van der Waals surface area contributed by atoms with Crippen LogP contribution in [0.2, 0.25) is 0 Å². The number of amides is 1. The number of methoxy groups -OCH3 is 1. The molecule has 1 atom stereocenters. The number of rotatable bonds is 5. The molecule has 0 aliphatic carbocycles. The summed E-state index contributed by atoms with van der Waals surface area (Å²) in [5.41, 5.74) is 2.58. The Kier molecular flexibility index (Phi) is 6.74. The highest BCUT2D eigenvalue weighted by Gasteiger charge is 2.30. The molecule has 5 rings (SSSR count). The SMILES string of the molecule is COc1ccc(-c2c(-c3ccccc3)oc3ncnc(OC4CCCN(C(=O)OC(C)(C)C)C4)c23)cc1. The third-order valence-electron chi connectivity index (χ3n) is 6.18. The van der Waals surface area contributed by atoms with Crippen molar-refractivity contribution in [3.63, 3.8) is 0 Å². The number of ether oxygens (including phenoxy) is 3. The Hall–Kier alpha value is -4.07. The van der Waals surface area contributed by atoms with Crippen molar-refractivity contribution in [1.82, 2.24) is 14.9 Å². The van der Waals surface area contributed by atoms with Crippen LogP contribution in [0.5, 0.6) is 11.6 Å². The second-order valence-corrected chi connectivity index (χ2v) is 10.1. The van der Waals surface area contributed by atoms with Crippen molar-refractivity contribution in [2.45, 2.75) is 45.3 Å². The number of likely N-dealkylation sites (tertiary alicyclic amines) is 1. The summed E-state index contributed by atoms with van der Waals surface area (Å²) in [7, 11) is 1.64. The molecule has 1 unspecified atom stereocenters. The van der Waals surface area contributed by atoms with E-state index in [0.717, 1.165) is 35.3 Å². The summed E-state index contributed by atoms with van der Waals surface area (Å²) in [4.78, 5) is 23.3. The highest BCUT2D eigenvalue weighted by atomic mass is 16.6. The number of nitrogens with zero attached hydrogens (tertiary/aromatic N) is 3. The van der Waals surface area contributed by atoms with E-state index in [-0.39, 0.29) is 12.2 Å². The summed E-state index contributed by atoms with van der Waals surface area (Å²) in [5.74, 6) is 1.87. The predicted octanol–water partition coefficient (Wildman–Crippen LogP) is 6.34. The van der Waals surface area contributed by atoms with E-state index in [1.54, 1.807) is 12.0 Å². The van der Waals surface area contributed by atoms with E-state index < -0.39 is 5.60 Å². The zero-order valence-electron chi connectivity index (χ0n) is 21.6. The molecule has 8 heteroatoms. The van der Waals surface area contributed by atoms with Crippen molar-refractivity contribution in [1.29, 1.82) is 0 Å². The number of fused-ring (bicyclic) bond motifs is 1. The Morgan fingerprint density at radius 2 is 1.78 bits per heavy atom. The molecular weight excluding hydrogens is 470 g/mol. The normalized spacial score (nSPS) is 16.0. The highest BCUT2D eigenvalue weighted by Crippen LogP contribution is 2.43. The molecule has 2 aromatic carbocycles. The van der Waals surface area contributed by atoms with Gasteiger partial charge in [0.05, 0.1) is 13.7 Å². The van der Waals surface area contributed by atoms with E-state index in [0.29, 0.717) is 35.8 Å². The van der Waals surface area contributed by atoms with Gasteiger partial charge in [-0.1, -0.05) is 42.5 Å². The van der Waals surface area contributed by atoms with Gasteiger partial charge < -0.3 is 23.5 Å². The first-order chi connectivity index (χ1) is 17.8. The van der Waals surface area contributed by atoms with Crippen LogP contribution in [0, 0.1) is 0 Å². The fourth-order valence-corrected chi connectivity index (χ4v) is 4.51. The van der Waals surface area contributed by atoms with E-state index in [4.69, 9.17) is 18.6 Å². The lowest BCUT2D eigenvalue weighted by atomic mass is 9.99. The maximum absolute atomic E-state index is 12.7. The van der Waals surface area contributed by atoms with Crippen LogP contribution in [0.15, 0.2) is 65.3 Å². The molecule has 1 amide bonds. The van der Waals surface area contributed by atoms with Gasteiger partial charge in [0.1, 0.15) is 34.9 Å². The Balaban J connectivity index is 1.53. The molecule has 0 spiro atoms. The first-order valence-electron chi connectivity index (χ1n) is 12.4. The molecule has 0 saturated carbocycles. The van der Waals surface area contributed by atoms with Crippen LogP contribution in [-0.4, -0.2) is 52.9 Å². The van der Waals surface area contributed by atoms with E-state index >= 15 is 0 Å². The van der Waals surface area contributed by atoms with E-state index in [2.05, 4.69) is 9.97 Å². The van der Waals surface area contributed by atoms with E-state index in [9.17, 15) is 4.79 Å². The summed E-state index contributed by atoms with van der Waals surface area (Å²) in [6, 6.07) is 17.7. The fraction of sp³-hybridized carbons (Fsp3) is 0.345. The number of furan rings is 1. The van der Waals surface area contributed by atoms with Gasteiger partial charge in [-0.15, -0.1) is 0 Å². The summed E-state index contributed by atoms with van der Waals surface area (Å²) >= 11 is 0. The first kappa shape index (κ1) is 24.6. The third kappa shape index (κ3) is 5.38. The Morgan fingerprint density at radius 1 is 1.03 bits per heavy atom. The average molecular weight is 502 g/mol. The standard InChI is InChI=1S/C29H31N3O5/c1-29(2,3)37-28(33)32-16-8-11-22(17-32)35-26-24-23(19-12-14-21(34-4)15-13-19)25(20-9-6-5-7-10-20)36-27(24)31-18-30-26/h5-7,9-10,12-15,18,22H,8,11,16-17H2,1-4H3. The molecule has 0 radical (unpaired) electrons. The van der Waals surface area contributed by atoms with Gasteiger partial charge in [-0.25, -0.2) is 14.8 Å². The Morgan fingerprint density at radius 3 is 2.49 bits per heavy atom. The van der Waals surface area contributed by atoms with Crippen molar-refractivity contribution in [3.8, 4) is 34.1 Å². The molecule has 2 aromatic heterocycles. The minimum absolute atomic E-state index is 0.238. The zero-order chi connectivity index (χ0) is 26.0. The van der Waals surface area contributed by atoms with Gasteiger partial charge in [0, 0.05) is 17.7 Å². The van der Waals surface area contributed by atoms with Crippen molar-refractivity contribution >= 4 is 17.2 Å². The average Bonchev–Trinajstić information content (AvgIpc) is 3.29. The van der Waals surface area contributed by atoms with Crippen molar-refractivity contribution < 1.29 is 23.4 Å². The fourth-order valence-electron chi connectivity index (χ4n) is 4.51. The van der Waals surface area contributed by atoms with Gasteiger partial charge in [-0.3, -0.25) is 0 Å². The number of carbonyl (C=O) groups excluding carboxylic acids is 1. The number of benzene rings is 2. The zero-order valence-corrected chi connectivity index (χ0v) is 21.6. The number of piperidine rings is 1. The van der Waals surface area contributed by atoms with Crippen LogP contribution in [-0.2, 0) is 4.74 Å². The largest absolute Gasteiger partial charge is 0.497 e. The maximum atomic E-state index is 12.7. The van der Waals surface area contributed by atoms with Crippen LogP contribution in [0.4, 0.5) is 4.79 Å². The minimum atomic E-state index is -0.554. The van der Waals surface area contributed by atoms with Gasteiger partial charge in [-0.2, -0.15) is 0 Å². The molecule has 0 bridgehead atoms. The molecule has 4 aromatic rings. The quantitative estimate of drug-likeness (QED) is 0.315. The molecule has 1 aliphatic rings. The van der Waals surface area contributed by atoms with E-state index in [1.807, 2.05) is 75.4 Å². The summed E-state index contributed by atoms with van der Waals surface area (Å²) < 4.78 is 23.7. The van der Waals surface area contributed by atoms with Crippen molar-refractivity contribution in [2.24, 2.45) is 0 Å². The van der Waals surface area contributed by atoms with Gasteiger partial charge >= 0.3 is 6.09 Å². The summed E-state index contributed by atoms with van der Waals surface area (Å²) in [6.45, 7) is 6.65. The van der Waals surface area contributed by atoms with Gasteiger partial charge in [0.2, 0.25) is 11.6 Å². The lowest BCUT2D eigenvalue weighted by Crippen LogP contribution is -2.46. The molecule has 1 fully saturated rings. The van der Waals surface area contributed by atoms with Crippen LogP contribution in [0.25, 0.3) is 33.6 Å². The maximum Gasteiger partial charge on any atom is 0.410 e. The van der Waals surface area contributed by atoms with Gasteiger partial charge in [-0.05, 0) is 51.3 Å². The lowest BCUT2D eigenvalue weighted by molar-refractivity contribution is 0.00741. The molecular formula is C29H31N3O5. The summed E-state index contributed by atoms with van der Waals surface area (Å²) in [5, 5.41) is 0.695. The van der Waals surface area contributed by atoms with Gasteiger partial charge in [0.15, 0.2) is 0 Å². The first-order valence-corrected chi connectivity index (χ1v) is 12.4. The van der Waals surface area contributed by atoms with Gasteiger partial charge in [0.25, 0.3) is 0 Å². The van der Waals surface area contributed by atoms with Crippen LogP contribution in [0.1, 0.15) is 33.6 Å². The topological polar surface area (TPSA) is 86.9 Å². The second-order valence-electron chi connectivity index (χ2n) is 10.1. The van der Waals surface area contributed by atoms with Crippen LogP contribution in [0.3, 0.4) is 0 Å². The number of hydrogen-bond acceptors (Lipinski definition) is 7. The number of hydrogen-bond donors (Lipinski definition) is 0. The Bertz CT molecular complexity index is 1380. The highest BCUT2D eigenvalue weighted by molar-refractivity contribution is 6.03. The Labute approximate surface area is 216 Å². The van der Waals surface area contributed by atoms with Crippen LogP contribution < -0.4 is 9.47 Å². The molecule has 1 saturated heterocycles. The molecule has 192 valence electrons. The molecule has 8 nitrogen and oxygen atoms in total. The smallest absolute Gasteiger partial charge is 0.410 e. The van der Waals surface area contributed by atoms with E-state index in [1.165, 1.54) is 6.33 Å². The predicted molar refractivity (Wildman–Crippen MR) is 141 cm³/mol. The molecule has 37 heavy (non-hydrogen) atoms. The molecule has 1 aliphatic heterocycles. The van der Waals surface area contributed by atoms with Crippen molar-refractivity contribution in [2.75, 3.05) is 20.2 Å². The number of aromatic nitrogens is 2. The number of carbonyl (C=O) groups is 1. The second kappa shape index (κ2) is 10.1. The van der Waals surface area contributed by atoms with Crippen LogP contribution >= 0.6 is 0 Å².